The number of aliphatic carboxylic acids is 1. The molecule has 0 spiro atoms. The molecule has 1 aliphatic rings. The van der Waals surface area contributed by atoms with Gasteiger partial charge in [0.15, 0.2) is 0 Å². The first-order valence-electron chi connectivity index (χ1n) is 7.35. The third kappa shape index (κ3) is 4.60. The molecule has 0 radical (unpaired) electrons. The number of hydrogen-bond acceptors (Lipinski definition) is 2. The fourth-order valence-corrected chi connectivity index (χ4v) is 2.95. The van der Waals surface area contributed by atoms with Gasteiger partial charge in [-0.1, -0.05) is 12.1 Å². The normalized spacial score (nSPS) is 19.4. The molecule has 1 heterocycles. The smallest absolute Gasteiger partial charge is 0.303 e. The zero-order valence-electron chi connectivity index (χ0n) is 11.7. The Labute approximate surface area is 119 Å². The number of benzene rings is 1. The van der Waals surface area contributed by atoms with Gasteiger partial charge in [-0.25, -0.2) is 4.39 Å². The molecular formula is C16H22FNO2. The summed E-state index contributed by atoms with van der Waals surface area (Å²) in [5.41, 5.74) is 1.05. The Hall–Kier alpha value is -1.42. The van der Waals surface area contributed by atoms with Gasteiger partial charge >= 0.3 is 5.97 Å². The maximum Gasteiger partial charge on any atom is 0.303 e. The van der Waals surface area contributed by atoms with Crippen molar-refractivity contribution < 1.29 is 14.3 Å². The van der Waals surface area contributed by atoms with Gasteiger partial charge < -0.3 is 10.0 Å². The predicted octanol–water partition coefficient (Wildman–Crippen LogP) is 3.09. The molecule has 1 fully saturated rings. The molecule has 110 valence electrons. The van der Waals surface area contributed by atoms with Crippen molar-refractivity contribution in [3.63, 3.8) is 0 Å². The van der Waals surface area contributed by atoms with Gasteiger partial charge in [-0.3, -0.25) is 4.79 Å². The summed E-state index contributed by atoms with van der Waals surface area (Å²) in [5, 5.41) is 8.63. The highest BCUT2D eigenvalue weighted by atomic mass is 19.1. The van der Waals surface area contributed by atoms with Crippen LogP contribution in [0.4, 0.5) is 4.39 Å². The summed E-state index contributed by atoms with van der Waals surface area (Å²) >= 11 is 0. The molecule has 0 aromatic heterocycles. The first kappa shape index (κ1) is 15.0. The van der Waals surface area contributed by atoms with Crippen molar-refractivity contribution in [1.82, 2.24) is 4.90 Å². The summed E-state index contributed by atoms with van der Waals surface area (Å²) in [7, 11) is 0. The fraction of sp³-hybridized carbons (Fsp3) is 0.562. The van der Waals surface area contributed by atoms with E-state index in [-0.39, 0.29) is 12.2 Å². The van der Waals surface area contributed by atoms with Gasteiger partial charge in [-0.2, -0.15) is 0 Å². The van der Waals surface area contributed by atoms with Crippen molar-refractivity contribution in [2.45, 2.75) is 44.6 Å². The third-order valence-corrected chi connectivity index (χ3v) is 3.95. The molecule has 0 unspecified atom stereocenters. The van der Waals surface area contributed by atoms with Crippen LogP contribution in [0.15, 0.2) is 24.3 Å². The fourth-order valence-electron chi connectivity index (χ4n) is 2.95. The van der Waals surface area contributed by atoms with Crippen LogP contribution in [0.3, 0.4) is 0 Å². The second-order valence-corrected chi connectivity index (χ2v) is 5.52. The lowest BCUT2D eigenvalue weighted by Crippen LogP contribution is -2.32. The van der Waals surface area contributed by atoms with Crippen molar-refractivity contribution in [2.24, 2.45) is 0 Å². The predicted molar refractivity (Wildman–Crippen MR) is 76.2 cm³/mol. The van der Waals surface area contributed by atoms with Crippen LogP contribution in [-0.4, -0.2) is 35.1 Å². The number of nitrogens with zero attached hydrogens (tertiary/aromatic N) is 1. The minimum atomic E-state index is -0.720. The lowest BCUT2D eigenvalue weighted by Gasteiger charge is -2.24. The van der Waals surface area contributed by atoms with E-state index in [0.29, 0.717) is 6.04 Å². The van der Waals surface area contributed by atoms with Crippen LogP contribution in [0.2, 0.25) is 0 Å². The quantitative estimate of drug-likeness (QED) is 0.780. The average Bonchev–Trinajstić information content (AvgIpc) is 2.82. The molecule has 1 aliphatic heterocycles. The zero-order chi connectivity index (χ0) is 14.4. The Kier molecular flexibility index (Phi) is 5.53. The van der Waals surface area contributed by atoms with Crippen molar-refractivity contribution in [3.05, 3.63) is 35.6 Å². The van der Waals surface area contributed by atoms with E-state index in [1.807, 2.05) is 6.07 Å². The van der Waals surface area contributed by atoms with E-state index in [0.717, 1.165) is 44.3 Å². The van der Waals surface area contributed by atoms with Crippen LogP contribution in [-0.2, 0) is 11.2 Å². The van der Waals surface area contributed by atoms with Gasteiger partial charge in [0.1, 0.15) is 5.82 Å². The average molecular weight is 279 g/mol. The van der Waals surface area contributed by atoms with E-state index in [9.17, 15) is 9.18 Å². The van der Waals surface area contributed by atoms with E-state index in [2.05, 4.69) is 4.90 Å². The molecule has 0 saturated carbocycles. The SMILES string of the molecule is O=C(O)CCCCN1CCC[C@H]1Cc1cccc(F)c1. The van der Waals surface area contributed by atoms with Gasteiger partial charge in [0, 0.05) is 12.5 Å². The molecular weight excluding hydrogens is 257 g/mol. The second kappa shape index (κ2) is 7.39. The summed E-state index contributed by atoms with van der Waals surface area (Å²) in [6.45, 7) is 2.03. The van der Waals surface area contributed by atoms with Crippen LogP contribution in [0, 0.1) is 5.82 Å². The Balaban J connectivity index is 1.80. The molecule has 1 aromatic rings. The topological polar surface area (TPSA) is 40.5 Å². The van der Waals surface area contributed by atoms with Crippen LogP contribution in [0.25, 0.3) is 0 Å². The van der Waals surface area contributed by atoms with Gasteiger partial charge in [-0.05, 0) is 62.9 Å². The lowest BCUT2D eigenvalue weighted by atomic mass is 10.0. The van der Waals surface area contributed by atoms with Gasteiger partial charge in [0.05, 0.1) is 0 Å². The van der Waals surface area contributed by atoms with E-state index in [1.54, 1.807) is 12.1 Å². The van der Waals surface area contributed by atoms with Crippen molar-refractivity contribution in [3.8, 4) is 0 Å². The van der Waals surface area contributed by atoms with Crippen molar-refractivity contribution in [1.29, 1.82) is 0 Å². The molecule has 1 atom stereocenters. The second-order valence-electron chi connectivity index (χ2n) is 5.52. The molecule has 20 heavy (non-hydrogen) atoms. The number of likely N-dealkylation sites (tertiary alicyclic amines) is 1. The summed E-state index contributed by atoms with van der Waals surface area (Å²) in [6, 6.07) is 7.30. The monoisotopic (exact) mass is 279 g/mol. The lowest BCUT2D eigenvalue weighted by molar-refractivity contribution is -0.137. The van der Waals surface area contributed by atoms with E-state index in [1.165, 1.54) is 12.5 Å². The first-order valence-corrected chi connectivity index (χ1v) is 7.35. The Morgan fingerprint density at radius 1 is 1.40 bits per heavy atom. The van der Waals surface area contributed by atoms with E-state index >= 15 is 0 Å². The van der Waals surface area contributed by atoms with Crippen LogP contribution < -0.4 is 0 Å². The summed E-state index contributed by atoms with van der Waals surface area (Å²) in [6.07, 6.45) is 5.12. The highest BCUT2D eigenvalue weighted by Crippen LogP contribution is 2.22. The molecule has 1 N–H and O–H groups in total. The molecule has 1 aromatic carbocycles. The van der Waals surface area contributed by atoms with Crippen LogP contribution in [0.1, 0.15) is 37.7 Å². The zero-order valence-corrected chi connectivity index (χ0v) is 11.7. The Morgan fingerprint density at radius 2 is 2.25 bits per heavy atom. The number of carboxylic acid groups (broad SMARTS) is 1. The highest BCUT2D eigenvalue weighted by Gasteiger charge is 2.24. The van der Waals surface area contributed by atoms with Crippen molar-refractivity contribution >= 4 is 5.97 Å². The Bertz CT molecular complexity index is 450. The minimum Gasteiger partial charge on any atom is -0.481 e. The summed E-state index contributed by atoms with van der Waals surface area (Å²) < 4.78 is 13.2. The largest absolute Gasteiger partial charge is 0.481 e. The van der Waals surface area contributed by atoms with Gasteiger partial charge in [-0.15, -0.1) is 0 Å². The summed E-state index contributed by atoms with van der Waals surface area (Å²) in [5.74, 6) is -0.892. The number of hydrogen-bond donors (Lipinski definition) is 1. The molecule has 4 heteroatoms. The number of carbonyl (C=O) groups is 1. The molecule has 1 saturated heterocycles. The van der Waals surface area contributed by atoms with E-state index < -0.39 is 5.97 Å². The number of rotatable bonds is 7. The van der Waals surface area contributed by atoms with Crippen molar-refractivity contribution in [2.75, 3.05) is 13.1 Å². The first-order chi connectivity index (χ1) is 9.65. The Morgan fingerprint density at radius 3 is 3.00 bits per heavy atom. The van der Waals surface area contributed by atoms with Crippen LogP contribution >= 0.6 is 0 Å². The maximum absolute atomic E-state index is 13.2. The number of carboxylic acids is 1. The van der Waals surface area contributed by atoms with Gasteiger partial charge in [0.2, 0.25) is 0 Å². The molecule has 2 rings (SSSR count). The number of unbranched alkanes of at least 4 members (excludes halogenated alkanes) is 1. The number of halogens is 1. The highest BCUT2D eigenvalue weighted by molar-refractivity contribution is 5.66. The third-order valence-electron chi connectivity index (χ3n) is 3.95. The van der Waals surface area contributed by atoms with Gasteiger partial charge in [0.25, 0.3) is 0 Å². The minimum absolute atomic E-state index is 0.173. The molecule has 0 amide bonds. The molecule has 0 bridgehead atoms. The maximum atomic E-state index is 13.2. The standard InChI is InChI=1S/C16H22FNO2/c17-14-6-3-5-13(11-14)12-15-7-4-10-18(15)9-2-1-8-16(19)20/h3,5-6,11,15H,1-2,4,7-10,12H2,(H,19,20)/t15-/m0/s1. The van der Waals surface area contributed by atoms with E-state index in [4.69, 9.17) is 5.11 Å². The summed E-state index contributed by atoms with van der Waals surface area (Å²) in [4.78, 5) is 12.9. The molecule has 0 aliphatic carbocycles. The van der Waals surface area contributed by atoms with Crippen LogP contribution in [0.5, 0.6) is 0 Å². The molecule has 3 nitrogen and oxygen atoms in total.